The standard InChI is InChI=1S/C18H18ClFN2O/c1-12-10-15(20)7-8-16(12)21-18(23)22-9-3-6-17(22)13-4-2-5-14(19)11-13/h2,4-5,7-8,10-11,17H,3,6,9H2,1H3,(H,21,23). The van der Waals surface area contributed by atoms with Gasteiger partial charge in [0.2, 0.25) is 0 Å². The Morgan fingerprint density at radius 2 is 2.13 bits per heavy atom. The van der Waals surface area contributed by atoms with Crippen LogP contribution in [0.4, 0.5) is 14.9 Å². The normalized spacial score (nSPS) is 17.3. The van der Waals surface area contributed by atoms with Crippen LogP contribution in [-0.4, -0.2) is 17.5 Å². The molecule has 3 nitrogen and oxygen atoms in total. The van der Waals surface area contributed by atoms with E-state index in [1.807, 2.05) is 29.2 Å². The van der Waals surface area contributed by atoms with Crippen LogP contribution in [0.15, 0.2) is 42.5 Å². The topological polar surface area (TPSA) is 32.3 Å². The first-order valence-corrected chi connectivity index (χ1v) is 8.01. The van der Waals surface area contributed by atoms with Gasteiger partial charge in [-0.05, 0) is 61.2 Å². The number of carbonyl (C=O) groups is 1. The molecule has 2 amide bonds. The van der Waals surface area contributed by atoms with E-state index in [9.17, 15) is 9.18 Å². The van der Waals surface area contributed by atoms with Gasteiger partial charge in [0.1, 0.15) is 5.82 Å². The highest BCUT2D eigenvalue weighted by Gasteiger charge is 2.30. The Bertz CT molecular complexity index is 735. The molecule has 1 aliphatic heterocycles. The predicted octanol–water partition coefficient (Wildman–Crippen LogP) is 5.16. The SMILES string of the molecule is Cc1cc(F)ccc1NC(=O)N1CCCC1c1cccc(Cl)c1. The van der Waals surface area contributed by atoms with E-state index in [0.717, 1.165) is 18.4 Å². The highest BCUT2D eigenvalue weighted by Crippen LogP contribution is 2.33. The number of aryl methyl sites for hydroxylation is 1. The van der Waals surface area contributed by atoms with Gasteiger partial charge in [0, 0.05) is 17.3 Å². The van der Waals surface area contributed by atoms with Crippen LogP contribution in [0.1, 0.15) is 30.0 Å². The summed E-state index contributed by atoms with van der Waals surface area (Å²) >= 11 is 6.06. The fourth-order valence-corrected chi connectivity index (χ4v) is 3.22. The summed E-state index contributed by atoms with van der Waals surface area (Å²) in [5.41, 5.74) is 2.38. The van der Waals surface area contributed by atoms with E-state index in [1.165, 1.54) is 12.1 Å². The molecule has 0 bridgehead atoms. The smallest absolute Gasteiger partial charge is 0.317 e. The number of urea groups is 1. The van der Waals surface area contributed by atoms with Crippen molar-refractivity contribution >= 4 is 23.3 Å². The lowest BCUT2D eigenvalue weighted by atomic mass is 10.0. The molecule has 5 heteroatoms. The zero-order valence-electron chi connectivity index (χ0n) is 12.9. The number of nitrogens with zero attached hydrogens (tertiary/aromatic N) is 1. The first kappa shape index (κ1) is 15.8. The zero-order chi connectivity index (χ0) is 16.4. The molecule has 2 aromatic rings. The van der Waals surface area contributed by atoms with Crippen LogP contribution in [0.2, 0.25) is 5.02 Å². The van der Waals surface area contributed by atoms with Crippen LogP contribution < -0.4 is 5.32 Å². The minimum Gasteiger partial charge on any atom is -0.317 e. The Morgan fingerprint density at radius 3 is 2.87 bits per heavy atom. The highest BCUT2D eigenvalue weighted by molar-refractivity contribution is 6.30. The van der Waals surface area contributed by atoms with Crippen molar-refractivity contribution in [2.45, 2.75) is 25.8 Å². The summed E-state index contributed by atoms with van der Waals surface area (Å²) in [6.45, 7) is 2.47. The summed E-state index contributed by atoms with van der Waals surface area (Å²) in [6, 6.07) is 11.8. The minimum atomic E-state index is -0.307. The van der Waals surface area contributed by atoms with Gasteiger partial charge in [0.25, 0.3) is 0 Å². The number of benzene rings is 2. The van der Waals surface area contributed by atoms with Gasteiger partial charge in [-0.2, -0.15) is 0 Å². The van der Waals surface area contributed by atoms with E-state index in [-0.39, 0.29) is 17.9 Å². The van der Waals surface area contributed by atoms with Crippen molar-refractivity contribution in [3.8, 4) is 0 Å². The molecular formula is C18H18ClFN2O. The predicted molar refractivity (Wildman–Crippen MR) is 90.3 cm³/mol. The molecule has 3 rings (SSSR count). The van der Waals surface area contributed by atoms with E-state index in [4.69, 9.17) is 11.6 Å². The van der Waals surface area contributed by atoms with Crippen molar-refractivity contribution < 1.29 is 9.18 Å². The molecule has 0 aromatic heterocycles. The summed E-state index contributed by atoms with van der Waals surface area (Å²) in [5, 5.41) is 3.55. The maximum atomic E-state index is 13.2. The van der Waals surface area contributed by atoms with Gasteiger partial charge in [0.15, 0.2) is 0 Å². The molecule has 23 heavy (non-hydrogen) atoms. The molecule has 1 unspecified atom stereocenters. The molecule has 1 heterocycles. The molecule has 1 atom stereocenters. The molecule has 1 saturated heterocycles. The van der Waals surface area contributed by atoms with Crippen molar-refractivity contribution in [2.24, 2.45) is 0 Å². The molecular weight excluding hydrogens is 315 g/mol. The second-order valence-electron chi connectivity index (χ2n) is 5.80. The van der Waals surface area contributed by atoms with Crippen LogP contribution in [-0.2, 0) is 0 Å². The number of amides is 2. The second-order valence-corrected chi connectivity index (χ2v) is 6.23. The third-order valence-corrected chi connectivity index (χ3v) is 4.41. The number of likely N-dealkylation sites (tertiary alicyclic amines) is 1. The Hall–Kier alpha value is -2.07. The van der Waals surface area contributed by atoms with E-state index in [0.29, 0.717) is 22.8 Å². The Balaban J connectivity index is 1.78. The van der Waals surface area contributed by atoms with Gasteiger partial charge < -0.3 is 10.2 Å². The Kier molecular flexibility index (Phi) is 4.53. The maximum Gasteiger partial charge on any atom is 0.322 e. The molecule has 1 fully saturated rings. The van der Waals surface area contributed by atoms with E-state index in [2.05, 4.69) is 5.32 Å². The monoisotopic (exact) mass is 332 g/mol. The lowest BCUT2D eigenvalue weighted by Crippen LogP contribution is -2.34. The number of anilines is 1. The molecule has 2 aromatic carbocycles. The molecule has 0 saturated carbocycles. The molecule has 120 valence electrons. The Labute approximate surface area is 140 Å². The summed E-state index contributed by atoms with van der Waals surface area (Å²) < 4.78 is 13.2. The van der Waals surface area contributed by atoms with Gasteiger partial charge in [-0.3, -0.25) is 0 Å². The number of hydrogen-bond donors (Lipinski definition) is 1. The van der Waals surface area contributed by atoms with Crippen molar-refractivity contribution in [1.29, 1.82) is 0 Å². The first-order valence-electron chi connectivity index (χ1n) is 7.64. The summed E-state index contributed by atoms with van der Waals surface area (Å²) in [5.74, 6) is -0.307. The zero-order valence-corrected chi connectivity index (χ0v) is 13.6. The molecule has 0 aliphatic carbocycles. The maximum absolute atomic E-state index is 13.2. The quantitative estimate of drug-likeness (QED) is 0.809. The van der Waals surface area contributed by atoms with E-state index < -0.39 is 0 Å². The number of carbonyl (C=O) groups excluding carboxylic acids is 1. The number of hydrogen-bond acceptors (Lipinski definition) is 1. The summed E-state index contributed by atoms with van der Waals surface area (Å²) in [6.07, 6.45) is 1.86. The third kappa shape index (κ3) is 3.48. The van der Waals surface area contributed by atoms with Crippen LogP contribution in [0.25, 0.3) is 0 Å². The average molecular weight is 333 g/mol. The van der Waals surface area contributed by atoms with Crippen LogP contribution in [0.5, 0.6) is 0 Å². The average Bonchev–Trinajstić information content (AvgIpc) is 2.99. The van der Waals surface area contributed by atoms with Crippen LogP contribution in [0, 0.1) is 12.7 Å². The lowest BCUT2D eigenvalue weighted by Gasteiger charge is -2.26. The largest absolute Gasteiger partial charge is 0.322 e. The fraction of sp³-hybridized carbons (Fsp3) is 0.278. The van der Waals surface area contributed by atoms with Gasteiger partial charge in [0.05, 0.1) is 6.04 Å². The van der Waals surface area contributed by atoms with Gasteiger partial charge >= 0.3 is 6.03 Å². The van der Waals surface area contributed by atoms with Crippen LogP contribution >= 0.6 is 11.6 Å². The lowest BCUT2D eigenvalue weighted by molar-refractivity contribution is 0.207. The molecule has 1 aliphatic rings. The van der Waals surface area contributed by atoms with Crippen LogP contribution in [0.3, 0.4) is 0 Å². The number of halogens is 2. The summed E-state index contributed by atoms with van der Waals surface area (Å²) in [7, 11) is 0. The van der Waals surface area contributed by atoms with Crippen molar-refractivity contribution in [3.63, 3.8) is 0 Å². The van der Waals surface area contributed by atoms with Gasteiger partial charge in [-0.1, -0.05) is 23.7 Å². The summed E-state index contributed by atoms with van der Waals surface area (Å²) in [4.78, 5) is 14.4. The van der Waals surface area contributed by atoms with Crippen molar-refractivity contribution in [1.82, 2.24) is 4.90 Å². The first-order chi connectivity index (χ1) is 11.0. The highest BCUT2D eigenvalue weighted by atomic mass is 35.5. The number of rotatable bonds is 2. The second kappa shape index (κ2) is 6.59. The number of nitrogens with one attached hydrogen (secondary N) is 1. The van der Waals surface area contributed by atoms with Crippen molar-refractivity contribution in [2.75, 3.05) is 11.9 Å². The van der Waals surface area contributed by atoms with E-state index in [1.54, 1.807) is 13.0 Å². The minimum absolute atomic E-state index is 0.0226. The fourth-order valence-electron chi connectivity index (χ4n) is 3.02. The molecule has 0 radical (unpaired) electrons. The Morgan fingerprint density at radius 1 is 1.30 bits per heavy atom. The van der Waals surface area contributed by atoms with Gasteiger partial charge in [-0.25, -0.2) is 9.18 Å². The van der Waals surface area contributed by atoms with E-state index >= 15 is 0 Å². The molecule has 0 spiro atoms. The van der Waals surface area contributed by atoms with Gasteiger partial charge in [-0.15, -0.1) is 0 Å². The molecule has 1 N–H and O–H groups in total. The van der Waals surface area contributed by atoms with Crippen molar-refractivity contribution in [3.05, 3.63) is 64.4 Å². The third-order valence-electron chi connectivity index (χ3n) is 4.18.